The van der Waals surface area contributed by atoms with Gasteiger partial charge in [-0.2, -0.15) is 0 Å². The van der Waals surface area contributed by atoms with Crippen LogP contribution in [0.4, 0.5) is 0 Å². The lowest BCUT2D eigenvalue weighted by Gasteiger charge is -2.38. The first-order chi connectivity index (χ1) is 15.0. The van der Waals surface area contributed by atoms with Crippen molar-refractivity contribution in [1.29, 1.82) is 0 Å². The van der Waals surface area contributed by atoms with Gasteiger partial charge in [0, 0.05) is 25.1 Å². The predicted molar refractivity (Wildman–Crippen MR) is 118 cm³/mol. The number of benzene rings is 2. The summed E-state index contributed by atoms with van der Waals surface area (Å²) in [6, 6.07) is 16.0. The van der Waals surface area contributed by atoms with Gasteiger partial charge in [-0.25, -0.2) is 4.98 Å². The number of likely N-dealkylation sites (tertiary alicyclic amines) is 1. The maximum atomic E-state index is 11.8. The van der Waals surface area contributed by atoms with Crippen molar-refractivity contribution in [3.05, 3.63) is 71.1 Å². The van der Waals surface area contributed by atoms with Crippen LogP contribution in [0.3, 0.4) is 0 Å². The Morgan fingerprint density at radius 2 is 2.00 bits per heavy atom. The molecule has 1 aliphatic rings. The van der Waals surface area contributed by atoms with Gasteiger partial charge in [-0.05, 0) is 50.1 Å². The van der Waals surface area contributed by atoms with E-state index in [1.54, 1.807) is 0 Å². The zero-order valence-corrected chi connectivity index (χ0v) is 18.3. The molecule has 2 heterocycles. The van der Waals surface area contributed by atoms with Gasteiger partial charge in [0.25, 0.3) is 0 Å². The van der Waals surface area contributed by atoms with Crippen molar-refractivity contribution in [3.63, 3.8) is 0 Å². The number of hydrogen-bond acceptors (Lipinski definition) is 6. The highest BCUT2D eigenvalue weighted by Crippen LogP contribution is 2.24. The zero-order valence-electron chi connectivity index (χ0n) is 18.3. The summed E-state index contributed by atoms with van der Waals surface area (Å²) in [6.45, 7) is 6.12. The fraction of sp³-hybridized carbons (Fsp3) is 0.360. The average Bonchev–Trinajstić information content (AvgIpc) is 3.12. The number of aromatic nitrogens is 1. The molecular formula is C25H28N2O4. The van der Waals surface area contributed by atoms with Gasteiger partial charge in [-0.1, -0.05) is 29.8 Å². The van der Waals surface area contributed by atoms with Crippen LogP contribution in [0, 0.1) is 13.8 Å². The molecule has 31 heavy (non-hydrogen) atoms. The Balaban J connectivity index is 1.33. The van der Waals surface area contributed by atoms with Gasteiger partial charge in [-0.15, -0.1) is 0 Å². The van der Waals surface area contributed by atoms with Crippen LogP contribution in [0.2, 0.25) is 0 Å². The van der Waals surface area contributed by atoms with Gasteiger partial charge in [0.2, 0.25) is 5.89 Å². The molecule has 1 atom stereocenters. The predicted octanol–water partition coefficient (Wildman–Crippen LogP) is 4.33. The van der Waals surface area contributed by atoms with Crippen molar-refractivity contribution in [3.8, 4) is 17.2 Å². The van der Waals surface area contributed by atoms with Crippen LogP contribution in [0.25, 0.3) is 11.5 Å². The highest BCUT2D eigenvalue weighted by molar-refractivity contribution is 5.76. The molecule has 1 aromatic heterocycles. The summed E-state index contributed by atoms with van der Waals surface area (Å²) in [5.41, 5.74) is 4.21. The Hall–Kier alpha value is -3.12. The van der Waals surface area contributed by atoms with Crippen molar-refractivity contribution < 1.29 is 18.7 Å². The minimum Gasteiger partial charge on any atom is -0.493 e. The SMILES string of the molecule is COC(=O)[C@H]1CCN1Cc1cccc(OCCc2nc(-c3ccc(C)cc3)oc2C)c1. The lowest BCUT2D eigenvalue weighted by molar-refractivity contribution is -0.152. The van der Waals surface area contributed by atoms with Crippen LogP contribution in [-0.4, -0.2) is 42.2 Å². The molecule has 3 aromatic rings. The fourth-order valence-corrected chi connectivity index (χ4v) is 3.75. The molecule has 0 N–H and O–H groups in total. The van der Waals surface area contributed by atoms with E-state index < -0.39 is 0 Å². The van der Waals surface area contributed by atoms with Crippen molar-refractivity contribution in [2.45, 2.75) is 39.3 Å². The van der Waals surface area contributed by atoms with Crippen LogP contribution in [0.15, 0.2) is 52.9 Å². The van der Waals surface area contributed by atoms with E-state index in [0.717, 1.165) is 41.3 Å². The van der Waals surface area contributed by atoms with E-state index in [1.807, 2.05) is 37.3 Å². The second-order valence-electron chi connectivity index (χ2n) is 7.93. The Morgan fingerprint density at radius 3 is 2.71 bits per heavy atom. The Morgan fingerprint density at radius 1 is 1.19 bits per heavy atom. The van der Waals surface area contributed by atoms with Gasteiger partial charge < -0.3 is 13.9 Å². The Bertz CT molecular complexity index is 1040. The second kappa shape index (κ2) is 9.35. The zero-order chi connectivity index (χ0) is 21.8. The number of esters is 1. The normalized spacial score (nSPS) is 16.0. The van der Waals surface area contributed by atoms with E-state index in [2.05, 4.69) is 35.0 Å². The van der Waals surface area contributed by atoms with Gasteiger partial charge >= 0.3 is 5.97 Å². The molecule has 0 saturated carbocycles. The molecule has 2 aromatic carbocycles. The molecule has 1 fully saturated rings. The number of carbonyl (C=O) groups is 1. The summed E-state index contributed by atoms with van der Waals surface area (Å²) in [4.78, 5) is 18.5. The topological polar surface area (TPSA) is 64.8 Å². The van der Waals surface area contributed by atoms with Crippen molar-refractivity contribution in [1.82, 2.24) is 9.88 Å². The number of ether oxygens (including phenoxy) is 2. The first kappa shape index (κ1) is 21.1. The largest absolute Gasteiger partial charge is 0.493 e. The number of oxazole rings is 1. The van der Waals surface area contributed by atoms with E-state index in [4.69, 9.17) is 13.9 Å². The third-order valence-electron chi connectivity index (χ3n) is 5.69. The Labute approximate surface area is 182 Å². The summed E-state index contributed by atoms with van der Waals surface area (Å²) in [7, 11) is 1.44. The molecule has 6 heteroatoms. The number of hydrogen-bond donors (Lipinski definition) is 0. The quantitative estimate of drug-likeness (QED) is 0.506. The van der Waals surface area contributed by atoms with E-state index >= 15 is 0 Å². The monoisotopic (exact) mass is 420 g/mol. The molecule has 0 spiro atoms. The highest BCUT2D eigenvalue weighted by Gasteiger charge is 2.34. The van der Waals surface area contributed by atoms with Crippen LogP contribution in [0.5, 0.6) is 5.75 Å². The van der Waals surface area contributed by atoms with Crippen molar-refractivity contribution in [2.75, 3.05) is 20.3 Å². The summed E-state index contributed by atoms with van der Waals surface area (Å²) < 4.78 is 16.7. The molecule has 0 amide bonds. The van der Waals surface area contributed by atoms with Gasteiger partial charge in [-0.3, -0.25) is 9.69 Å². The molecule has 162 valence electrons. The molecule has 0 aliphatic carbocycles. The second-order valence-corrected chi connectivity index (χ2v) is 7.93. The molecule has 1 saturated heterocycles. The maximum Gasteiger partial charge on any atom is 0.323 e. The minimum absolute atomic E-state index is 0.132. The lowest BCUT2D eigenvalue weighted by atomic mass is 10.0. The van der Waals surface area contributed by atoms with Gasteiger partial charge in [0.05, 0.1) is 19.4 Å². The number of rotatable bonds is 8. The third-order valence-corrected chi connectivity index (χ3v) is 5.69. The average molecular weight is 421 g/mol. The molecule has 0 bridgehead atoms. The summed E-state index contributed by atoms with van der Waals surface area (Å²) >= 11 is 0. The minimum atomic E-state index is -0.161. The maximum absolute atomic E-state index is 11.8. The molecule has 1 aliphatic heterocycles. The van der Waals surface area contributed by atoms with Gasteiger partial charge in [0.1, 0.15) is 17.6 Å². The summed E-state index contributed by atoms with van der Waals surface area (Å²) in [5, 5.41) is 0. The van der Waals surface area contributed by atoms with Crippen LogP contribution in [-0.2, 0) is 22.5 Å². The van der Waals surface area contributed by atoms with Crippen LogP contribution < -0.4 is 4.74 Å². The van der Waals surface area contributed by atoms with Crippen molar-refractivity contribution >= 4 is 5.97 Å². The number of methoxy groups -OCH3 is 1. The lowest BCUT2D eigenvalue weighted by Crippen LogP contribution is -2.52. The number of aryl methyl sites for hydroxylation is 2. The van der Waals surface area contributed by atoms with Crippen LogP contribution in [0.1, 0.15) is 29.0 Å². The van der Waals surface area contributed by atoms with Crippen LogP contribution >= 0.6 is 0 Å². The first-order valence-electron chi connectivity index (χ1n) is 10.6. The smallest absolute Gasteiger partial charge is 0.323 e. The van der Waals surface area contributed by atoms with Crippen molar-refractivity contribution in [2.24, 2.45) is 0 Å². The molecule has 4 rings (SSSR count). The molecular weight excluding hydrogens is 392 g/mol. The van der Waals surface area contributed by atoms with E-state index in [1.165, 1.54) is 12.7 Å². The fourth-order valence-electron chi connectivity index (χ4n) is 3.75. The van der Waals surface area contributed by atoms with E-state index in [-0.39, 0.29) is 12.0 Å². The molecule has 0 radical (unpaired) electrons. The number of carbonyl (C=O) groups excluding carboxylic acids is 1. The molecule has 0 unspecified atom stereocenters. The van der Waals surface area contributed by atoms with E-state index in [9.17, 15) is 4.79 Å². The summed E-state index contributed by atoms with van der Waals surface area (Å²) in [6.07, 6.45) is 1.52. The van der Waals surface area contributed by atoms with Gasteiger partial charge in [0.15, 0.2) is 0 Å². The standard InChI is InChI=1S/C25H28N2O4/c1-17-7-9-20(10-8-17)24-26-22(18(2)31-24)12-14-30-21-6-4-5-19(15-21)16-27-13-11-23(27)25(28)29-3/h4-10,15,23H,11-14,16H2,1-3H3/t23-/m1/s1. The van der Waals surface area contributed by atoms with E-state index in [0.29, 0.717) is 25.5 Å². The summed E-state index contributed by atoms with van der Waals surface area (Å²) in [5.74, 6) is 2.11. The molecule has 6 nitrogen and oxygen atoms in total. The number of nitrogens with zero attached hydrogens (tertiary/aromatic N) is 2. The Kier molecular flexibility index (Phi) is 6.37. The first-order valence-corrected chi connectivity index (χ1v) is 10.6. The third kappa shape index (κ3) is 4.97. The highest BCUT2D eigenvalue weighted by atomic mass is 16.5.